The van der Waals surface area contributed by atoms with Crippen LogP contribution in [0.5, 0.6) is 0 Å². The van der Waals surface area contributed by atoms with Crippen molar-refractivity contribution in [3.05, 3.63) is 0 Å². The summed E-state index contributed by atoms with van der Waals surface area (Å²) >= 11 is 0. The average Bonchev–Trinajstić information content (AvgIpc) is 2.53. The fourth-order valence-corrected chi connectivity index (χ4v) is 2.20. The first-order chi connectivity index (χ1) is 7.13. The van der Waals surface area contributed by atoms with E-state index in [9.17, 15) is 9.59 Å². The van der Waals surface area contributed by atoms with Crippen LogP contribution in [0, 0.1) is 0 Å². The van der Waals surface area contributed by atoms with Crippen molar-refractivity contribution < 1.29 is 14.7 Å². The van der Waals surface area contributed by atoms with E-state index in [1.54, 1.807) is 21.7 Å². The fourth-order valence-electron chi connectivity index (χ4n) is 2.20. The largest absolute Gasteiger partial charge is 0.387 e. The van der Waals surface area contributed by atoms with E-state index in [1.807, 2.05) is 0 Å². The molecule has 0 radical (unpaired) electrons. The monoisotopic (exact) mass is 213 g/mol. The molecule has 1 N–H and O–H groups in total. The zero-order valence-electron chi connectivity index (χ0n) is 8.72. The van der Waals surface area contributed by atoms with Crippen molar-refractivity contribution in [1.82, 2.24) is 14.7 Å². The van der Waals surface area contributed by atoms with Crippen molar-refractivity contribution in [3.63, 3.8) is 0 Å². The Morgan fingerprint density at radius 1 is 1.47 bits per heavy atom. The number of carbonyl (C=O) groups is 2. The van der Waals surface area contributed by atoms with E-state index in [0.29, 0.717) is 26.2 Å². The first-order valence-corrected chi connectivity index (χ1v) is 5.04. The lowest BCUT2D eigenvalue weighted by Crippen LogP contribution is -2.54. The standard InChI is InChI=1S/C9H15N3O3/c1-10-4-7-5-11(8(14)6-13)2-3-12(7)9(10)15/h7,13H,2-6H2,1H3. The number of nitrogens with zero attached hydrogens (tertiary/aromatic N) is 3. The van der Waals surface area contributed by atoms with Crippen molar-refractivity contribution >= 4 is 11.9 Å². The number of aliphatic hydroxyl groups excluding tert-OH is 1. The highest BCUT2D eigenvalue weighted by Gasteiger charge is 2.39. The summed E-state index contributed by atoms with van der Waals surface area (Å²) in [5.74, 6) is -0.253. The molecule has 0 aromatic heterocycles. The highest BCUT2D eigenvalue weighted by molar-refractivity contribution is 5.79. The molecule has 0 bridgehead atoms. The van der Waals surface area contributed by atoms with Gasteiger partial charge < -0.3 is 19.8 Å². The molecule has 0 saturated carbocycles. The molecule has 6 heteroatoms. The van der Waals surface area contributed by atoms with E-state index in [2.05, 4.69) is 0 Å². The van der Waals surface area contributed by atoms with Crippen LogP contribution in [0.1, 0.15) is 0 Å². The van der Waals surface area contributed by atoms with E-state index in [4.69, 9.17) is 5.11 Å². The Kier molecular flexibility index (Phi) is 2.52. The summed E-state index contributed by atoms with van der Waals surface area (Å²) in [6, 6.07) is 0.128. The van der Waals surface area contributed by atoms with Crippen molar-refractivity contribution in [3.8, 4) is 0 Å². The Morgan fingerprint density at radius 2 is 2.20 bits per heavy atom. The highest BCUT2D eigenvalue weighted by Crippen LogP contribution is 2.18. The Labute approximate surface area is 88.0 Å². The molecule has 84 valence electrons. The number of urea groups is 1. The maximum atomic E-state index is 11.6. The second-order valence-corrected chi connectivity index (χ2v) is 4.01. The van der Waals surface area contributed by atoms with Crippen LogP contribution in [-0.4, -0.2) is 77.6 Å². The Morgan fingerprint density at radius 3 is 2.87 bits per heavy atom. The van der Waals surface area contributed by atoms with Crippen molar-refractivity contribution in [2.75, 3.05) is 39.8 Å². The quantitative estimate of drug-likeness (QED) is 0.580. The van der Waals surface area contributed by atoms with Gasteiger partial charge >= 0.3 is 6.03 Å². The SMILES string of the molecule is CN1CC2CN(C(=O)CO)CCN2C1=O. The van der Waals surface area contributed by atoms with Gasteiger partial charge in [0.15, 0.2) is 0 Å². The predicted octanol–water partition coefficient (Wildman–Crippen LogP) is -1.44. The van der Waals surface area contributed by atoms with Crippen molar-refractivity contribution in [2.24, 2.45) is 0 Å². The highest BCUT2D eigenvalue weighted by atomic mass is 16.3. The summed E-state index contributed by atoms with van der Waals surface area (Å²) in [5, 5.41) is 8.75. The molecule has 2 aliphatic heterocycles. The van der Waals surface area contributed by atoms with Gasteiger partial charge in [0.25, 0.3) is 0 Å². The summed E-state index contributed by atoms with van der Waals surface area (Å²) in [7, 11) is 1.76. The van der Waals surface area contributed by atoms with Gasteiger partial charge in [0, 0.05) is 33.2 Å². The fraction of sp³-hybridized carbons (Fsp3) is 0.778. The van der Waals surface area contributed by atoms with Crippen molar-refractivity contribution in [1.29, 1.82) is 0 Å². The summed E-state index contributed by atoms with van der Waals surface area (Å²) in [5.41, 5.74) is 0. The van der Waals surface area contributed by atoms with E-state index in [1.165, 1.54) is 0 Å². The molecule has 1 unspecified atom stereocenters. The molecule has 0 aromatic carbocycles. The predicted molar refractivity (Wildman–Crippen MR) is 52.2 cm³/mol. The van der Waals surface area contributed by atoms with Crippen LogP contribution in [0.2, 0.25) is 0 Å². The number of carbonyl (C=O) groups excluding carboxylic acids is 2. The molecule has 0 aromatic rings. The van der Waals surface area contributed by atoms with Crippen LogP contribution in [0.4, 0.5) is 4.79 Å². The van der Waals surface area contributed by atoms with Crippen LogP contribution in [0.25, 0.3) is 0 Å². The number of amides is 3. The van der Waals surface area contributed by atoms with Crippen LogP contribution >= 0.6 is 0 Å². The summed E-state index contributed by atoms with van der Waals surface area (Å²) in [6.07, 6.45) is 0. The van der Waals surface area contributed by atoms with Gasteiger partial charge in [0.05, 0.1) is 6.04 Å². The van der Waals surface area contributed by atoms with Gasteiger partial charge in [-0.05, 0) is 0 Å². The maximum absolute atomic E-state index is 11.6. The second-order valence-electron chi connectivity index (χ2n) is 4.01. The first-order valence-electron chi connectivity index (χ1n) is 5.04. The van der Waals surface area contributed by atoms with E-state index in [-0.39, 0.29) is 18.0 Å². The zero-order valence-corrected chi connectivity index (χ0v) is 8.72. The molecule has 2 fully saturated rings. The number of aliphatic hydroxyl groups is 1. The van der Waals surface area contributed by atoms with E-state index < -0.39 is 6.61 Å². The number of hydrogen-bond donors (Lipinski definition) is 1. The number of rotatable bonds is 1. The third kappa shape index (κ3) is 1.65. The van der Waals surface area contributed by atoms with Crippen LogP contribution < -0.4 is 0 Å². The van der Waals surface area contributed by atoms with Gasteiger partial charge in [-0.25, -0.2) is 4.79 Å². The smallest absolute Gasteiger partial charge is 0.320 e. The van der Waals surface area contributed by atoms with Gasteiger partial charge in [0.1, 0.15) is 6.61 Å². The van der Waals surface area contributed by atoms with Crippen LogP contribution in [0.15, 0.2) is 0 Å². The number of piperazine rings is 1. The molecular formula is C9H15N3O3. The molecule has 3 amide bonds. The molecular weight excluding hydrogens is 198 g/mol. The minimum absolute atomic E-state index is 0.0381. The minimum Gasteiger partial charge on any atom is -0.387 e. The molecule has 2 saturated heterocycles. The van der Waals surface area contributed by atoms with Gasteiger partial charge in [-0.15, -0.1) is 0 Å². The van der Waals surface area contributed by atoms with Gasteiger partial charge in [-0.3, -0.25) is 4.79 Å². The van der Waals surface area contributed by atoms with Crippen molar-refractivity contribution in [2.45, 2.75) is 6.04 Å². The Hall–Kier alpha value is -1.30. The molecule has 0 spiro atoms. The van der Waals surface area contributed by atoms with Crippen LogP contribution in [-0.2, 0) is 4.79 Å². The van der Waals surface area contributed by atoms with Crippen LogP contribution in [0.3, 0.4) is 0 Å². The third-order valence-corrected chi connectivity index (χ3v) is 3.03. The molecule has 2 heterocycles. The lowest BCUT2D eigenvalue weighted by Gasteiger charge is -2.36. The number of likely N-dealkylation sites (N-methyl/N-ethyl adjacent to an activating group) is 1. The lowest BCUT2D eigenvalue weighted by molar-refractivity contribution is -0.136. The molecule has 1 atom stereocenters. The van der Waals surface area contributed by atoms with E-state index >= 15 is 0 Å². The lowest BCUT2D eigenvalue weighted by atomic mass is 10.2. The van der Waals surface area contributed by atoms with Gasteiger partial charge in [-0.2, -0.15) is 0 Å². The minimum atomic E-state index is -0.448. The van der Waals surface area contributed by atoms with Gasteiger partial charge in [-0.1, -0.05) is 0 Å². The Balaban J connectivity index is 2.02. The molecule has 2 rings (SSSR count). The number of fused-ring (bicyclic) bond motifs is 1. The summed E-state index contributed by atoms with van der Waals surface area (Å²) in [4.78, 5) is 27.9. The summed E-state index contributed by atoms with van der Waals surface area (Å²) in [6.45, 7) is 1.84. The first kappa shape index (κ1) is 10.2. The summed E-state index contributed by atoms with van der Waals surface area (Å²) < 4.78 is 0. The Bertz CT molecular complexity index is 294. The number of hydrogen-bond acceptors (Lipinski definition) is 3. The normalized spacial score (nSPS) is 25.9. The molecule has 15 heavy (non-hydrogen) atoms. The molecule has 2 aliphatic rings. The molecule has 6 nitrogen and oxygen atoms in total. The third-order valence-electron chi connectivity index (χ3n) is 3.03. The maximum Gasteiger partial charge on any atom is 0.320 e. The average molecular weight is 213 g/mol. The second kappa shape index (κ2) is 3.69. The zero-order chi connectivity index (χ0) is 11.0. The topological polar surface area (TPSA) is 64.1 Å². The van der Waals surface area contributed by atoms with Gasteiger partial charge in [0.2, 0.25) is 5.91 Å². The van der Waals surface area contributed by atoms with E-state index in [0.717, 1.165) is 0 Å². The molecule has 0 aliphatic carbocycles.